The van der Waals surface area contributed by atoms with E-state index in [2.05, 4.69) is 26.2 Å². The van der Waals surface area contributed by atoms with Gasteiger partial charge in [-0.2, -0.15) is 4.98 Å². The number of carbonyl (C=O) groups is 1. The lowest BCUT2D eigenvalue weighted by molar-refractivity contribution is -0.384. The third-order valence-corrected chi connectivity index (χ3v) is 18.5. The van der Waals surface area contributed by atoms with Gasteiger partial charge < -0.3 is 54.4 Å². The highest BCUT2D eigenvalue weighted by Gasteiger charge is 2.51. The summed E-state index contributed by atoms with van der Waals surface area (Å²) in [6.07, 6.45) is 4.36. The molecular weight excluding hydrogens is 1000 g/mol. The summed E-state index contributed by atoms with van der Waals surface area (Å²) in [5.74, 6) is -2.63. The average Bonchev–Trinajstić information content (AvgIpc) is 3.99. The first kappa shape index (κ1) is 50.5. The Hall–Kier alpha value is -6.33. The molecular formula is C54H63F2N9O10S. The number of sulfone groups is 1. The van der Waals surface area contributed by atoms with Crippen molar-refractivity contribution in [2.24, 2.45) is 11.1 Å². The number of alkyl halides is 2. The van der Waals surface area contributed by atoms with Crippen LogP contribution in [0.5, 0.6) is 17.4 Å². The second kappa shape index (κ2) is 19.6. The number of ether oxygens (including phenoxy) is 5. The molecule has 6 aliphatic heterocycles. The molecule has 0 radical (unpaired) electrons. The number of carbonyl (C=O) groups excluding carboxylic acids is 1. The fourth-order valence-corrected chi connectivity index (χ4v) is 14.5. The molecule has 7 aliphatic rings. The SMILES string of the molecule is CC(C)Oc1ccccc1[C@@H]1COCCN1C1CC2(CCN(c3ccc(C(N)=O)c(N4c5cc6cc[nH]c6nc5O[C@H]5COCC[C@@H]54)c3S(=O)(=O)c3cc4c(c([N+](=O)[O-])c3)N[C@H](CN3CCC(F)(F)CC3)CO4)CC2)C1. The molecule has 2 aromatic heterocycles. The molecule has 0 unspecified atom stereocenters. The number of amides is 1. The van der Waals surface area contributed by atoms with Crippen molar-refractivity contribution in [2.45, 2.75) is 111 Å². The number of fused-ring (bicyclic) bond motifs is 4. The van der Waals surface area contributed by atoms with Crippen LogP contribution in [0.3, 0.4) is 0 Å². The molecule has 4 N–H and O–H groups in total. The molecule has 76 heavy (non-hydrogen) atoms. The zero-order valence-electron chi connectivity index (χ0n) is 42.6. The number of rotatable bonds is 12. The van der Waals surface area contributed by atoms with Crippen molar-refractivity contribution in [3.63, 3.8) is 0 Å². The number of pyridine rings is 1. The van der Waals surface area contributed by atoms with E-state index in [-0.39, 0.29) is 96.7 Å². The van der Waals surface area contributed by atoms with Gasteiger partial charge in [-0.3, -0.25) is 19.8 Å². The van der Waals surface area contributed by atoms with E-state index >= 15 is 8.42 Å². The minimum atomic E-state index is -4.86. The quantitative estimate of drug-likeness (QED) is 0.0809. The van der Waals surface area contributed by atoms with E-state index < -0.39 is 55.4 Å². The van der Waals surface area contributed by atoms with Crippen LogP contribution in [-0.2, 0) is 19.3 Å². The van der Waals surface area contributed by atoms with Gasteiger partial charge in [0.2, 0.25) is 15.7 Å². The Morgan fingerprint density at radius 2 is 1.74 bits per heavy atom. The maximum absolute atomic E-state index is 16.2. The number of aromatic amines is 1. The number of likely N-dealkylation sites (tertiary alicyclic amines) is 1. The summed E-state index contributed by atoms with van der Waals surface area (Å²) in [6, 6.07) is 16.7. The van der Waals surface area contributed by atoms with Gasteiger partial charge >= 0.3 is 0 Å². The number of H-pyrrole nitrogens is 1. The lowest BCUT2D eigenvalue weighted by atomic mass is 9.59. The van der Waals surface area contributed by atoms with E-state index in [1.54, 1.807) is 18.3 Å². The number of nitrogens with zero attached hydrogens (tertiary/aromatic N) is 6. The van der Waals surface area contributed by atoms with Crippen LogP contribution in [0.1, 0.15) is 80.8 Å². The van der Waals surface area contributed by atoms with Gasteiger partial charge in [-0.25, -0.2) is 17.2 Å². The first-order valence-electron chi connectivity index (χ1n) is 26.4. The number of morpholine rings is 1. The number of benzene rings is 3. The van der Waals surface area contributed by atoms with Crippen molar-refractivity contribution in [2.75, 3.05) is 87.4 Å². The number of hydrogen-bond acceptors (Lipinski definition) is 16. The maximum Gasteiger partial charge on any atom is 0.297 e. The number of anilines is 4. The number of nitro groups is 1. The van der Waals surface area contributed by atoms with E-state index in [0.29, 0.717) is 67.8 Å². The van der Waals surface area contributed by atoms with Crippen LogP contribution in [0.25, 0.3) is 11.0 Å². The first-order valence-corrected chi connectivity index (χ1v) is 27.9. The summed E-state index contributed by atoms with van der Waals surface area (Å²) in [5, 5.41) is 17.0. The number of halogens is 2. The smallest absolute Gasteiger partial charge is 0.297 e. The normalized spacial score (nSPS) is 24.6. The Kier molecular flexibility index (Phi) is 13.0. The van der Waals surface area contributed by atoms with Crippen LogP contribution >= 0.6 is 0 Å². The molecule has 1 amide bonds. The number of primary amides is 1. The summed E-state index contributed by atoms with van der Waals surface area (Å²) in [5.41, 5.74) is 8.06. The number of hydrogen-bond donors (Lipinski definition) is 3. The Bertz CT molecular complexity index is 3170. The van der Waals surface area contributed by atoms with Gasteiger partial charge in [0.1, 0.15) is 34.7 Å². The standard InChI is InChI=1S/C54H63F2N9O10S/c1-32(2)74-44-6-4-3-5-37(44)43-30-72-22-20-63(43)35-26-53(27-35)11-18-62(19-12-53)40-8-7-38(50(57)66)48(64-39-10-21-71-31-46(39)75-52-42(64)23-33-9-15-58-51(33)60-52)49(40)76(69,70)36-24-41(65(67)68)47-45(25-36)73-29-34(59-47)28-61-16-13-54(55,56)14-17-61/h3-9,15,23-25,32,34-35,39,43,46,59H,10-14,16-22,26-31H2,1-2H3,(H2,57,66)(H,58,60)/t34-,39+,43+,46+/m1/s1. The second-order valence-electron chi connectivity index (χ2n) is 21.8. The lowest BCUT2D eigenvalue weighted by Gasteiger charge is -2.57. The Labute approximate surface area is 439 Å². The van der Waals surface area contributed by atoms with Gasteiger partial charge in [-0.15, -0.1) is 0 Å². The van der Waals surface area contributed by atoms with Crippen molar-refractivity contribution in [1.29, 1.82) is 0 Å². The molecule has 4 atom stereocenters. The number of nitrogens with one attached hydrogen (secondary N) is 2. The fraction of sp³-hybridized carbons (Fsp3) is 0.519. The first-order chi connectivity index (χ1) is 36.5. The molecule has 5 fully saturated rings. The minimum absolute atomic E-state index is 0.000538. The summed E-state index contributed by atoms with van der Waals surface area (Å²) in [7, 11) is -4.86. The largest absolute Gasteiger partial charge is 0.491 e. The van der Waals surface area contributed by atoms with E-state index in [1.807, 2.05) is 54.0 Å². The third-order valence-electron chi connectivity index (χ3n) is 16.7. The second-order valence-corrected chi connectivity index (χ2v) is 23.7. The summed E-state index contributed by atoms with van der Waals surface area (Å²) in [6.45, 7) is 8.06. The van der Waals surface area contributed by atoms with E-state index in [4.69, 9.17) is 34.4 Å². The Balaban J connectivity index is 0.921. The Morgan fingerprint density at radius 3 is 2.50 bits per heavy atom. The summed E-state index contributed by atoms with van der Waals surface area (Å²) in [4.78, 5) is 41.9. The number of aromatic nitrogens is 2. The van der Waals surface area contributed by atoms with Crippen molar-refractivity contribution < 1.29 is 50.6 Å². The molecule has 3 aromatic carbocycles. The molecule has 1 saturated carbocycles. The van der Waals surface area contributed by atoms with Gasteiger partial charge in [-0.1, -0.05) is 18.2 Å². The fourth-order valence-electron chi connectivity index (χ4n) is 12.8. The van der Waals surface area contributed by atoms with Gasteiger partial charge in [-0.05, 0) is 81.7 Å². The highest BCUT2D eigenvalue weighted by Crippen LogP contribution is 2.56. The van der Waals surface area contributed by atoms with Crippen LogP contribution in [-0.4, -0.2) is 148 Å². The molecule has 0 bridgehead atoms. The highest BCUT2D eigenvalue weighted by atomic mass is 32.2. The lowest BCUT2D eigenvalue weighted by Crippen LogP contribution is -2.58. The maximum atomic E-state index is 16.2. The molecule has 1 spiro atoms. The number of nitro benzene ring substituents is 1. The predicted molar refractivity (Wildman–Crippen MR) is 278 cm³/mol. The molecule has 8 heterocycles. The zero-order chi connectivity index (χ0) is 52.7. The zero-order valence-corrected chi connectivity index (χ0v) is 43.4. The predicted octanol–water partition coefficient (Wildman–Crippen LogP) is 7.60. The van der Waals surface area contributed by atoms with Crippen LogP contribution in [0, 0.1) is 15.5 Å². The number of para-hydroxylation sites is 1. The van der Waals surface area contributed by atoms with Gasteiger partial charge in [0.05, 0.1) is 70.8 Å². The summed E-state index contributed by atoms with van der Waals surface area (Å²) >= 11 is 0. The van der Waals surface area contributed by atoms with Crippen molar-refractivity contribution in [1.82, 2.24) is 19.8 Å². The molecule has 19 nitrogen and oxygen atoms in total. The van der Waals surface area contributed by atoms with E-state index in [0.717, 1.165) is 49.6 Å². The molecule has 5 aromatic rings. The summed E-state index contributed by atoms with van der Waals surface area (Å²) < 4.78 is 91.4. The van der Waals surface area contributed by atoms with Crippen LogP contribution in [0.2, 0.25) is 0 Å². The number of piperidine rings is 2. The van der Waals surface area contributed by atoms with Gasteiger partial charge in [0.25, 0.3) is 17.5 Å². The Morgan fingerprint density at radius 1 is 0.961 bits per heavy atom. The van der Waals surface area contributed by atoms with Gasteiger partial charge in [0, 0.05) is 94.0 Å². The third kappa shape index (κ3) is 9.21. The monoisotopic (exact) mass is 1070 g/mol. The molecule has 1 aliphatic carbocycles. The van der Waals surface area contributed by atoms with Crippen LogP contribution in [0.15, 0.2) is 76.7 Å². The minimum Gasteiger partial charge on any atom is -0.491 e. The molecule has 404 valence electrons. The van der Waals surface area contributed by atoms with Crippen molar-refractivity contribution in [3.05, 3.63) is 88.1 Å². The van der Waals surface area contributed by atoms with Crippen LogP contribution < -0.4 is 35.1 Å². The van der Waals surface area contributed by atoms with Crippen molar-refractivity contribution >= 4 is 55.2 Å². The molecule has 22 heteroatoms. The van der Waals surface area contributed by atoms with Crippen molar-refractivity contribution in [3.8, 4) is 17.4 Å². The highest BCUT2D eigenvalue weighted by molar-refractivity contribution is 7.91. The molecule has 4 saturated heterocycles. The van der Waals surface area contributed by atoms with Gasteiger partial charge in [0.15, 0.2) is 11.4 Å². The molecule has 12 rings (SSSR count). The van der Waals surface area contributed by atoms with E-state index in [1.165, 1.54) is 6.07 Å². The number of nitrogens with two attached hydrogens (primary N) is 1. The van der Waals surface area contributed by atoms with Crippen LogP contribution in [0.4, 0.5) is 37.2 Å². The topological polar surface area (TPSA) is 220 Å². The van der Waals surface area contributed by atoms with E-state index in [9.17, 15) is 23.7 Å². The average molecular weight is 1070 g/mol.